The summed E-state index contributed by atoms with van der Waals surface area (Å²) >= 11 is 0. The zero-order valence-corrected chi connectivity index (χ0v) is 16.7. The first-order valence-electron chi connectivity index (χ1n) is 10.7. The zero-order chi connectivity index (χ0) is 20.1. The van der Waals surface area contributed by atoms with E-state index in [2.05, 4.69) is 0 Å². The highest BCUT2D eigenvalue weighted by atomic mass is 16.6. The average Bonchev–Trinajstić information content (AvgIpc) is 2.93. The van der Waals surface area contributed by atoms with Gasteiger partial charge in [0.25, 0.3) is 0 Å². The molecule has 4 nitrogen and oxygen atoms in total. The normalized spacial score (nSPS) is 26.6. The summed E-state index contributed by atoms with van der Waals surface area (Å²) in [6, 6.07) is 18.1. The molecule has 2 bridgehead atoms. The van der Waals surface area contributed by atoms with Crippen LogP contribution in [0.3, 0.4) is 0 Å². The Morgan fingerprint density at radius 2 is 1.00 bits per heavy atom. The van der Waals surface area contributed by atoms with Crippen LogP contribution in [0, 0.1) is 11.8 Å². The average molecular weight is 392 g/mol. The molecule has 2 fully saturated rings. The predicted octanol–water partition coefficient (Wildman–Crippen LogP) is 5.43. The zero-order valence-electron chi connectivity index (χ0n) is 16.7. The molecular weight excluding hydrogens is 364 g/mol. The second kappa shape index (κ2) is 9.25. The number of fused-ring (bicyclic) bond motifs is 3. The maximum absolute atomic E-state index is 12.8. The van der Waals surface area contributed by atoms with E-state index in [1.807, 2.05) is 36.4 Å². The van der Waals surface area contributed by atoms with Crippen molar-refractivity contribution in [2.24, 2.45) is 11.8 Å². The maximum Gasteiger partial charge on any atom is 0.338 e. The van der Waals surface area contributed by atoms with Gasteiger partial charge in [0, 0.05) is 0 Å². The van der Waals surface area contributed by atoms with Crippen molar-refractivity contribution in [2.45, 2.75) is 57.2 Å². The van der Waals surface area contributed by atoms with Gasteiger partial charge in [-0.25, -0.2) is 9.59 Å². The third-order valence-corrected chi connectivity index (χ3v) is 6.32. The lowest BCUT2D eigenvalue weighted by Gasteiger charge is -2.41. The Kier molecular flexibility index (Phi) is 6.28. The third-order valence-electron chi connectivity index (χ3n) is 6.32. The molecule has 0 spiro atoms. The molecule has 2 aromatic carbocycles. The van der Waals surface area contributed by atoms with Crippen LogP contribution in [0.5, 0.6) is 0 Å². The molecule has 0 radical (unpaired) electrons. The smallest absolute Gasteiger partial charge is 0.338 e. The molecular formula is C25H28O4. The first kappa shape index (κ1) is 19.7. The van der Waals surface area contributed by atoms with E-state index in [0.717, 1.165) is 38.5 Å². The van der Waals surface area contributed by atoms with Crippen molar-refractivity contribution >= 4 is 11.9 Å². The molecule has 2 aliphatic rings. The second-order valence-electron chi connectivity index (χ2n) is 8.21. The topological polar surface area (TPSA) is 52.6 Å². The fourth-order valence-electron chi connectivity index (χ4n) is 4.76. The van der Waals surface area contributed by atoms with Gasteiger partial charge < -0.3 is 9.47 Å². The third kappa shape index (κ3) is 4.69. The van der Waals surface area contributed by atoms with Gasteiger partial charge in [-0.15, -0.1) is 0 Å². The Balaban J connectivity index is 1.58. The molecule has 0 aromatic heterocycles. The standard InChI is InChI=1S/C25H28O4/c26-24(20-12-6-2-7-13-20)28-22-18-10-4-1-5-11-19(17-16-18)23(22)29-25(27)21-14-8-3-9-15-21/h2-3,6-9,12-15,18-19,22-23H,1,4-5,10-11,16-17H2. The lowest BCUT2D eigenvalue weighted by atomic mass is 9.75. The fourth-order valence-corrected chi connectivity index (χ4v) is 4.76. The Hall–Kier alpha value is -2.62. The van der Waals surface area contributed by atoms with Crippen LogP contribution in [0.2, 0.25) is 0 Å². The predicted molar refractivity (Wildman–Crippen MR) is 111 cm³/mol. The van der Waals surface area contributed by atoms with Gasteiger partial charge in [-0.2, -0.15) is 0 Å². The molecule has 2 saturated carbocycles. The van der Waals surface area contributed by atoms with Crippen molar-refractivity contribution in [1.82, 2.24) is 0 Å². The van der Waals surface area contributed by atoms with E-state index < -0.39 is 0 Å². The van der Waals surface area contributed by atoms with Crippen LogP contribution in [-0.2, 0) is 9.47 Å². The van der Waals surface area contributed by atoms with Crippen LogP contribution in [0.1, 0.15) is 65.7 Å². The molecule has 4 heteroatoms. The van der Waals surface area contributed by atoms with Crippen molar-refractivity contribution in [3.05, 3.63) is 71.8 Å². The summed E-state index contributed by atoms with van der Waals surface area (Å²) in [5, 5.41) is 0. The number of hydrogen-bond donors (Lipinski definition) is 0. The molecule has 0 heterocycles. The minimum atomic E-state index is -0.382. The van der Waals surface area contributed by atoms with Gasteiger partial charge in [0.05, 0.1) is 11.1 Å². The monoisotopic (exact) mass is 392 g/mol. The van der Waals surface area contributed by atoms with Crippen LogP contribution in [0.4, 0.5) is 0 Å². The largest absolute Gasteiger partial charge is 0.455 e. The number of benzene rings is 2. The van der Waals surface area contributed by atoms with E-state index in [1.54, 1.807) is 24.3 Å². The first-order chi connectivity index (χ1) is 14.2. The van der Waals surface area contributed by atoms with Crippen LogP contribution < -0.4 is 0 Å². The summed E-state index contributed by atoms with van der Waals surface area (Å²) in [7, 11) is 0. The van der Waals surface area contributed by atoms with Gasteiger partial charge in [-0.1, -0.05) is 55.7 Å². The van der Waals surface area contributed by atoms with E-state index in [1.165, 1.54) is 6.42 Å². The Morgan fingerprint density at radius 3 is 1.41 bits per heavy atom. The molecule has 29 heavy (non-hydrogen) atoms. The van der Waals surface area contributed by atoms with E-state index in [-0.39, 0.29) is 36.0 Å². The molecule has 0 N–H and O–H groups in total. The highest BCUT2D eigenvalue weighted by Gasteiger charge is 2.44. The molecule has 2 aliphatic carbocycles. The second-order valence-corrected chi connectivity index (χ2v) is 8.21. The molecule has 2 aromatic rings. The quantitative estimate of drug-likeness (QED) is 0.651. The molecule has 0 saturated heterocycles. The number of hydrogen-bond acceptors (Lipinski definition) is 4. The molecule has 152 valence electrons. The number of esters is 2. The van der Waals surface area contributed by atoms with Crippen LogP contribution in [0.15, 0.2) is 60.7 Å². The minimum absolute atomic E-state index is 0.241. The summed E-state index contributed by atoms with van der Waals surface area (Å²) in [5.74, 6) is -0.182. The Labute approximate surface area is 172 Å². The number of carbonyl (C=O) groups excluding carboxylic acids is 2. The van der Waals surface area contributed by atoms with Crippen molar-refractivity contribution in [1.29, 1.82) is 0 Å². The summed E-state index contributed by atoms with van der Waals surface area (Å²) in [6.45, 7) is 0. The van der Waals surface area contributed by atoms with Gasteiger partial charge in [-0.3, -0.25) is 0 Å². The highest BCUT2D eigenvalue weighted by molar-refractivity contribution is 5.90. The summed E-state index contributed by atoms with van der Waals surface area (Å²) in [6.07, 6.45) is 6.77. The molecule has 4 unspecified atom stereocenters. The van der Waals surface area contributed by atoms with Crippen LogP contribution >= 0.6 is 0 Å². The summed E-state index contributed by atoms with van der Waals surface area (Å²) < 4.78 is 12.1. The van der Waals surface area contributed by atoms with Gasteiger partial charge in [0.1, 0.15) is 12.2 Å². The molecule has 4 rings (SSSR count). The number of carbonyl (C=O) groups is 2. The van der Waals surface area contributed by atoms with E-state index in [4.69, 9.17) is 9.47 Å². The van der Waals surface area contributed by atoms with Crippen molar-refractivity contribution in [3.63, 3.8) is 0 Å². The minimum Gasteiger partial charge on any atom is -0.455 e. The first-order valence-corrected chi connectivity index (χ1v) is 10.7. The van der Waals surface area contributed by atoms with Gasteiger partial charge in [0.2, 0.25) is 0 Å². The Bertz CT molecular complexity index is 744. The number of ether oxygens (including phenoxy) is 2. The van der Waals surface area contributed by atoms with Gasteiger partial charge in [0.15, 0.2) is 0 Å². The lowest BCUT2D eigenvalue weighted by Crippen LogP contribution is -2.48. The van der Waals surface area contributed by atoms with Crippen LogP contribution in [-0.4, -0.2) is 24.1 Å². The lowest BCUT2D eigenvalue weighted by molar-refractivity contribution is -0.0980. The molecule has 0 amide bonds. The van der Waals surface area contributed by atoms with Crippen molar-refractivity contribution in [2.75, 3.05) is 0 Å². The Morgan fingerprint density at radius 1 is 0.586 bits per heavy atom. The maximum atomic E-state index is 12.8. The van der Waals surface area contributed by atoms with E-state index in [9.17, 15) is 9.59 Å². The van der Waals surface area contributed by atoms with E-state index in [0.29, 0.717) is 11.1 Å². The highest BCUT2D eigenvalue weighted by Crippen LogP contribution is 2.41. The number of rotatable bonds is 4. The van der Waals surface area contributed by atoms with E-state index >= 15 is 0 Å². The molecule has 4 atom stereocenters. The van der Waals surface area contributed by atoms with Crippen molar-refractivity contribution in [3.8, 4) is 0 Å². The van der Waals surface area contributed by atoms with Crippen LogP contribution in [0.25, 0.3) is 0 Å². The van der Waals surface area contributed by atoms with Gasteiger partial charge in [-0.05, 0) is 61.8 Å². The van der Waals surface area contributed by atoms with Gasteiger partial charge >= 0.3 is 11.9 Å². The summed E-state index contributed by atoms with van der Waals surface area (Å²) in [5.41, 5.74) is 1.08. The van der Waals surface area contributed by atoms with Crippen molar-refractivity contribution < 1.29 is 19.1 Å². The molecule has 0 aliphatic heterocycles. The fraction of sp³-hybridized carbons (Fsp3) is 0.440. The summed E-state index contributed by atoms with van der Waals surface area (Å²) in [4.78, 5) is 25.6. The SMILES string of the molecule is O=C(OC1C2CCCCCC(CC2)C1OC(=O)c1ccccc1)c1ccccc1.